The number of amides is 1. The summed E-state index contributed by atoms with van der Waals surface area (Å²) in [5.41, 5.74) is 1.59. The highest BCUT2D eigenvalue weighted by Gasteiger charge is 2.19. The summed E-state index contributed by atoms with van der Waals surface area (Å²) < 4.78 is 22.5. The second kappa shape index (κ2) is 9.00. The van der Waals surface area contributed by atoms with E-state index in [9.17, 15) is 4.79 Å². The van der Waals surface area contributed by atoms with Crippen molar-refractivity contribution in [2.75, 3.05) is 27.4 Å². The molecule has 2 heterocycles. The summed E-state index contributed by atoms with van der Waals surface area (Å²) in [6.07, 6.45) is 2.00. The predicted molar refractivity (Wildman–Crippen MR) is 112 cm³/mol. The van der Waals surface area contributed by atoms with Crippen LogP contribution in [-0.4, -0.2) is 39.4 Å². The molecule has 0 aliphatic carbocycles. The fourth-order valence-corrected chi connectivity index (χ4v) is 3.47. The molecule has 156 valence electrons. The summed E-state index contributed by atoms with van der Waals surface area (Å²) in [6, 6.07) is 14.6. The lowest BCUT2D eigenvalue weighted by Crippen LogP contribution is -2.34. The van der Waals surface area contributed by atoms with Gasteiger partial charge in [-0.1, -0.05) is 24.3 Å². The minimum Gasteiger partial charge on any atom is -0.494 e. The van der Waals surface area contributed by atoms with Gasteiger partial charge >= 0.3 is 0 Å². The van der Waals surface area contributed by atoms with E-state index in [2.05, 4.69) is 10.3 Å². The highest BCUT2D eigenvalue weighted by atomic mass is 16.5. The molecule has 0 radical (unpaired) electrons. The Morgan fingerprint density at radius 1 is 1.13 bits per heavy atom. The van der Waals surface area contributed by atoms with Crippen LogP contribution in [0.2, 0.25) is 0 Å². The fraction of sp³-hybridized carbons (Fsp3) is 0.304. The number of carbonyl (C=O) groups excluding carboxylic acids is 1. The van der Waals surface area contributed by atoms with Gasteiger partial charge in [-0.15, -0.1) is 0 Å². The molecule has 3 aromatic rings. The maximum atomic E-state index is 13.0. The van der Waals surface area contributed by atoms with Crippen LogP contribution < -0.4 is 20.3 Å². The largest absolute Gasteiger partial charge is 0.494 e. The molecular weight excluding hydrogens is 384 g/mol. The molecule has 7 nitrogen and oxygen atoms in total. The molecule has 1 fully saturated rings. The van der Waals surface area contributed by atoms with Crippen LogP contribution in [0, 0.1) is 0 Å². The van der Waals surface area contributed by atoms with E-state index in [0.29, 0.717) is 34.9 Å². The molecule has 30 heavy (non-hydrogen) atoms. The number of para-hydroxylation sites is 3. The van der Waals surface area contributed by atoms with Gasteiger partial charge in [-0.2, -0.15) is 0 Å². The van der Waals surface area contributed by atoms with E-state index in [1.807, 2.05) is 24.3 Å². The molecule has 1 aliphatic rings. The first-order valence-electron chi connectivity index (χ1n) is 9.88. The van der Waals surface area contributed by atoms with Crippen molar-refractivity contribution in [3.05, 3.63) is 59.6 Å². The van der Waals surface area contributed by atoms with Crippen LogP contribution in [0.5, 0.6) is 11.5 Å². The molecule has 0 unspecified atom stereocenters. The van der Waals surface area contributed by atoms with Gasteiger partial charge < -0.3 is 23.9 Å². The second-order valence-electron chi connectivity index (χ2n) is 6.97. The zero-order valence-corrected chi connectivity index (χ0v) is 17.0. The topological polar surface area (TPSA) is 82.3 Å². The molecule has 0 bridgehead atoms. The minimum atomic E-state index is -0.271. The van der Waals surface area contributed by atoms with Gasteiger partial charge in [0.1, 0.15) is 17.0 Å². The van der Waals surface area contributed by atoms with Crippen molar-refractivity contribution < 1.29 is 23.4 Å². The molecule has 1 saturated heterocycles. The van der Waals surface area contributed by atoms with E-state index in [-0.39, 0.29) is 17.6 Å². The van der Waals surface area contributed by atoms with Crippen molar-refractivity contribution in [1.29, 1.82) is 0 Å². The Hall–Kier alpha value is -3.32. The van der Waals surface area contributed by atoms with E-state index in [4.69, 9.17) is 18.6 Å². The number of ether oxygens (including phenoxy) is 3. The van der Waals surface area contributed by atoms with Crippen LogP contribution >= 0.6 is 0 Å². The number of benzene rings is 2. The lowest BCUT2D eigenvalue weighted by Gasteiger charge is -2.12. The van der Waals surface area contributed by atoms with Crippen molar-refractivity contribution in [3.63, 3.8) is 0 Å². The summed E-state index contributed by atoms with van der Waals surface area (Å²) in [4.78, 5) is 17.6. The van der Waals surface area contributed by atoms with Gasteiger partial charge in [-0.25, -0.2) is 4.99 Å². The number of hydrogen-bond donors (Lipinski definition) is 1. The third-order valence-corrected chi connectivity index (χ3v) is 5.02. The van der Waals surface area contributed by atoms with Gasteiger partial charge in [0.25, 0.3) is 5.91 Å². The molecule has 0 saturated carbocycles. The predicted octanol–water partition coefficient (Wildman–Crippen LogP) is 3.59. The number of methoxy groups -OCH3 is 2. The Morgan fingerprint density at radius 3 is 2.70 bits per heavy atom. The van der Waals surface area contributed by atoms with Crippen molar-refractivity contribution in [2.24, 2.45) is 4.99 Å². The molecular formula is C23H24N2O5. The Labute approximate surface area is 174 Å². The zero-order chi connectivity index (χ0) is 20.9. The highest BCUT2D eigenvalue weighted by Crippen LogP contribution is 2.28. The molecule has 1 N–H and O–H groups in total. The lowest BCUT2D eigenvalue weighted by molar-refractivity contribution is 0.0854. The molecule has 1 amide bonds. The smallest absolute Gasteiger partial charge is 0.256 e. The van der Waals surface area contributed by atoms with Crippen LogP contribution in [0.4, 0.5) is 5.69 Å². The van der Waals surface area contributed by atoms with Gasteiger partial charge in [-0.05, 0) is 37.1 Å². The molecule has 2 aromatic carbocycles. The fourth-order valence-electron chi connectivity index (χ4n) is 3.47. The molecule has 1 aliphatic heterocycles. The van der Waals surface area contributed by atoms with Gasteiger partial charge in [0.2, 0.25) is 5.55 Å². The van der Waals surface area contributed by atoms with Gasteiger partial charge in [0, 0.05) is 18.5 Å². The van der Waals surface area contributed by atoms with Gasteiger partial charge in [0.15, 0.2) is 11.3 Å². The summed E-state index contributed by atoms with van der Waals surface area (Å²) in [5.74, 6) is 0.876. The Kier molecular flexibility index (Phi) is 5.99. The number of fused-ring (bicyclic) bond motifs is 1. The Morgan fingerprint density at radius 2 is 1.93 bits per heavy atom. The maximum Gasteiger partial charge on any atom is 0.256 e. The first-order valence-corrected chi connectivity index (χ1v) is 9.88. The van der Waals surface area contributed by atoms with E-state index in [1.54, 1.807) is 38.5 Å². The summed E-state index contributed by atoms with van der Waals surface area (Å²) >= 11 is 0. The first kappa shape index (κ1) is 20.0. The number of rotatable bonds is 6. The van der Waals surface area contributed by atoms with Crippen molar-refractivity contribution >= 4 is 22.6 Å². The monoisotopic (exact) mass is 408 g/mol. The number of nitrogens with one attached hydrogen (secondary N) is 1. The average Bonchev–Trinajstić information content (AvgIpc) is 3.30. The van der Waals surface area contributed by atoms with E-state index >= 15 is 0 Å². The summed E-state index contributed by atoms with van der Waals surface area (Å²) in [6.45, 7) is 1.18. The number of hydrogen-bond acceptors (Lipinski definition) is 6. The number of nitrogens with zero attached hydrogens (tertiary/aromatic N) is 1. The minimum absolute atomic E-state index is 0.0426. The lowest BCUT2D eigenvalue weighted by atomic mass is 10.1. The second-order valence-corrected chi connectivity index (χ2v) is 6.97. The first-order chi connectivity index (χ1) is 14.7. The molecule has 1 aromatic heterocycles. The van der Waals surface area contributed by atoms with Crippen molar-refractivity contribution in [1.82, 2.24) is 5.32 Å². The van der Waals surface area contributed by atoms with E-state index < -0.39 is 0 Å². The van der Waals surface area contributed by atoms with E-state index in [0.717, 1.165) is 24.8 Å². The third-order valence-electron chi connectivity index (χ3n) is 5.02. The van der Waals surface area contributed by atoms with Crippen molar-refractivity contribution in [2.45, 2.75) is 18.9 Å². The van der Waals surface area contributed by atoms with Crippen LogP contribution in [-0.2, 0) is 4.74 Å². The molecule has 0 spiro atoms. The van der Waals surface area contributed by atoms with Crippen LogP contribution in [0.15, 0.2) is 57.9 Å². The average molecular weight is 408 g/mol. The zero-order valence-electron chi connectivity index (χ0n) is 17.0. The van der Waals surface area contributed by atoms with Crippen LogP contribution in [0.1, 0.15) is 23.2 Å². The summed E-state index contributed by atoms with van der Waals surface area (Å²) in [7, 11) is 3.15. The van der Waals surface area contributed by atoms with Gasteiger partial charge in [-0.3, -0.25) is 4.79 Å². The Balaban J connectivity index is 1.81. The highest BCUT2D eigenvalue weighted by molar-refractivity contribution is 5.97. The van der Waals surface area contributed by atoms with Crippen molar-refractivity contribution in [3.8, 4) is 11.5 Å². The Bertz CT molecular complexity index is 1120. The normalized spacial score (nSPS) is 16.6. The molecule has 7 heteroatoms. The standard InChI is InChI=1S/C23H24N2O5/c1-27-19-10-4-3-9-18(19)25-23-17(22(26)24-14-16-8-6-12-29-16)13-15-7-5-11-20(28-2)21(15)30-23/h3-5,7,9-11,13,16H,6,8,12,14H2,1-2H3,(H,24,26)/t16-/m1/s1. The SMILES string of the molecule is COc1ccccc1N=c1oc2c(OC)cccc2cc1C(=O)NC[C@H]1CCCO1. The molecule has 1 atom stereocenters. The molecule has 4 rings (SSSR count). The summed E-state index contributed by atoms with van der Waals surface area (Å²) in [5, 5.41) is 3.69. The number of carbonyl (C=O) groups is 1. The maximum absolute atomic E-state index is 13.0. The van der Waals surface area contributed by atoms with Crippen LogP contribution in [0.3, 0.4) is 0 Å². The van der Waals surface area contributed by atoms with E-state index in [1.165, 1.54) is 0 Å². The van der Waals surface area contributed by atoms with Crippen LogP contribution in [0.25, 0.3) is 11.0 Å². The quantitative estimate of drug-likeness (QED) is 0.674. The third kappa shape index (κ3) is 4.16. The van der Waals surface area contributed by atoms with Gasteiger partial charge in [0.05, 0.1) is 20.3 Å².